The molecule has 2 aromatic rings. The van der Waals surface area contributed by atoms with Crippen LogP contribution in [0.25, 0.3) is 0 Å². The van der Waals surface area contributed by atoms with Gasteiger partial charge in [0.1, 0.15) is 16.8 Å². The number of amides is 1. The molecule has 0 aliphatic carbocycles. The SMILES string of the molecule is C#CCCCOc1c(S(N)(=O)=O)cn(C)c1C(=O)Nc1ccc(F)c(C#N)c1. The second kappa shape index (κ2) is 8.57. The number of hydrogen-bond donors (Lipinski definition) is 2. The van der Waals surface area contributed by atoms with E-state index in [1.165, 1.54) is 17.7 Å². The molecule has 0 unspecified atom stereocenters. The lowest BCUT2D eigenvalue weighted by atomic mass is 10.2. The Labute approximate surface area is 161 Å². The molecular formula is C18H17FN4O4S. The van der Waals surface area contributed by atoms with Crippen LogP contribution in [0.5, 0.6) is 5.75 Å². The van der Waals surface area contributed by atoms with Gasteiger partial charge in [-0.15, -0.1) is 12.3 Å². The summed E-state index contributed by atoms with van der Waals surface area (Å²) in [6, 6.07) is 5.13. The number of aryl methyl sites for hydroxylation is 1. The smallest absolute Gasteiger partial charge is 0.276 e. The molecule has 0 aliphatic heterocycles. The van der Waals surface area contributed by atoms with Crippen LogP contribution in [0.15, 0.2) is 29.3 Å². The highest BCUT2D eigenvalue weighted by Gasteiger charge is 2.27. The van der Waals surface area contributed by atoms with Crippen molar-refractivity contribution in [2.24, 2.45) is 12.2 Å². The van der Waals surface area contributed by atoms with E-state index in [0.717, 1.165) is 18.3 Å². The van der Waals surface area contributed by atoms with Crippen molar-refractivity contribution in [2.75, 3.05) is 11.9 Å². The van der Waals surface area contributed by atoms with E-state index < -0.39 is 21.7 Å². The van der Waals surface area contributed by atoms with Gasteiger partial charge in [0.25, 0.3) is 5.91 Å². The van der Waals surface area contributed by atoms with Gasteiger partial charge in [0, 0.05) is 25.4 Å². The lowest BCUT2D eigenvalue weighted by Crippen LogP contribution is -2.18. The fourth-order valence-corrected chi connectivity index (χ4v) is 3.13. The first-order chi connectivity index (χ1) is 13.2. The number of nitrogens with zero attached hydrogens (tertiary/aromatic N) is 2. The van der Waals surface area contributed by atoms with Crippen LogP contribution in [0.2, 0.25) is 0 Å². The topological polar surface area (TPSA) is 127 Å². The van der Waals surface area contributed by atoms with E-state index in [1.54, 1.807) is 6.07 Å². The van der Waals surface area contributed by atoms with Crippen LogP contribution in [-0.2, 0) is 17.1 Å². The number of unbranched alkanes of at least 4 members (excludes halogenated alkanes) is 1. The Morgan fingerprint density at radius 1 is 1.46 bits per heavy atom. The quantitative estimate of drug-likeness (QED) is 0.537. The Morgan fingerprint density at radius 2 is 2.18 bits per heavy atom. The van der Waals surface area contributed by atoms with Crippen LogP contribution >= 0.6 is 0 Å². The van der Waals surface area contributed by atoms with Gasteiger partial charge in [-0.05, 0) is 24.6 Å². The highest BCUT2D eigenvalue weighted by atomic mass is 32.2. The molecule has 28 heavy (non-hydrogen) atoms. The molecule has 0 saturated heterocycles. The third kappa shape index (κ3) is 4.68. The number of sulfonamides is 1. The molecule has 0 fully saturated rings. The van der Waals surface area contributed by atoms with Gasteiger partial charge in [-0.3, -0.25) is 4.79 Å². The van der Waals surface area contributed by atoms with Gasteiger partial charge >= 0.3 is 0 Å². The molecule has 146 valence electrons. The normalized spacial score (nSPS) is 10.8. The zero-order valence-corrected chi connectivity index (χ0v) is 15.7. The minimum atomic E-state index is -4.16. The summed E-state index contributed by atoms with van der Waals surface area (Å²) in [5, 5.41) is 16.6. The zero-order chi connectivity index (χ0) is 20.9. The fourth-order valence-electron chi connectivity index (χ4n) is 2.41. The van der Waals surface area contributed by atoms with E-state index in [1.807, 2.05) is 0 Å². The molecule has 8 nitrogen and oxygen atoms in total. The number of halogens is 1. The van der Waals surface area contributed by atoms with Crippen molar-refractivity contribution in [3.63, 3.8) is 0 Å². The number of nitrogens with two attached hydrogens (primary N) is 1. The van der Waals surface area contributed by atoms with Gasteiger partial charge in [-0.1, -0.05) is 0 Å². The average Bonchev–Trinajstić information content (AvgIpc) is 2.97. The van der Waals surface area contributed by atoms with Gasteiger partial charge < -0.3 is 14.6 Å². The third-order valence-corrected chi connectivity index (χ3v) is 4.58. The van der Waals surface area contributed by atoms with Gasteiger partial charge in [-0.2, -0.15) is 5.26 Å². The molecule has 0 spiro atoms. The molecule has 3 N–H and O–H groups in total. The average molecular weight is 404 g/mol. The summed E-state index contributed by atoms with van der Waals surface area (Å²) in [4.78, 5) is 12.4. The van der Waals surface area contributed by atoms with E-state index in [4.69, 9.17) is 21.6 Å². The number of rotatable bonds is 7. The summed E-state index contributed by atoms with van der Waals surface area (Å²) in [5.74, 6) is 0.768. The first kappa shape index (κ1) is 21.0. The van der Waals surface area contributed by atoms with Gasteiger partial charge in [0.2, 0.25) is 10.0 Å². The molecule has 0 atom stereocenters. The number of anilines is 1. The number of nitriles is 1. The number of aromatic nitrogens is 1. The molecule has 0 bridgehead atoms. The predicted molar refractivity (Wildman–Crippen MR) is 99.4 cm³/mol. The molecule has 0 saturated carbocycles. The number of carbonyl (C=O) groups is 1. The second-order valence-corrected chi connectivity index (χ2v) is 7.27. The van der Waals surface area contributed by atoms with E-state index in [2.05, 4.69) is 11.2 Å². The number of benzene rings is 1. The van der Waals surface area contributed by atoms with Crippen molar-refractivity contribution in [1.29, 1.82) is 5.26 Å². The van der Waals surface area contributed by atoms with Crippen molar-refractivity contribution in [2.45, 2.75) is 17.7 Å². The summed E-state index contributed by atoms with van der Waals surface area (Å²) in [6.07, 6.45) is 7.18. The lowest BCUT2D eigenvalue weighted by Gasteiger charge is -2.11. The monoisotopic (exact) mass is 404 g/mol. The van der Waals surface area contributed by atoms with Crippen LogP contribution in [-0.4, -0.2) is 25.5 Å². The molecular weight excluding hydrogens is 387 g/mol. The van der Waals surface area contributed by atoms with Crippen molar-refractivity contribution in [1.82, 2.24) is 4.57 Å². The van der Waals surface area contributed by atoms with Gasteiger partial charge in [0.15, 0.2) is 11.4 Å². The molecule has 0 radical (unpaired) electrons. The van der Waals surface area contributed by atoms with Crippen LogP contribution < -0.4 is 15.2 Å². The Bertz CT molecular complexity index is 1090. The first-order valence-corrected chi connectivity index (χ1v) is 9.53. The third-order valence-electron chi connectivity index (χ3n) is 3.68. The number of ether oxygens (including phenoxy) is 1. The maximum atomic E-state index is 13.4. The maximum absolute atomic E-state index is 13.4. The molecule has 0 aliphatic rings. The number of hydrogen-bond acceptors (Lipinski definition) is 5. The first-order valence-electron chi connectivity index (χ1n) is 7.98. The molecule has 2 rings (SSSR count). The Hall–Kier alpha value is -3.34. The van der Waals surface area contributed by atoms with Crippen molar-refractivity contribution in [3.8, 4) is 24.2 Å². The Balaban J connectivity index is 2.40. The molecule has 10 heteroatoms. The predicted octanol–water partition coefficient (Wildman–Crippen LogP) is 1.73. The highest BCUT2D eigenvalue weighted by Crippen LogP contribution is 2.30. The highest BCUT2D eigenvalue weighted by molar-refractivity contribution is 7.89. The zero-order valence-electron chi connectivity index (χ0n) is 14.9. The minimum absolute atomic E-state index is 0.0755. The van der Waals surface area contributed by atoms with E-state index in [-0.39, 0.29) is 34.2 Å². The van der Waals surface area contributed by atoms with Crippen LogP contribution in [0.3, 0.4) is 0 Å². The Morgan fingerprint density at radius 3 is 2.79 bits per heavy atom. The van der Waals surface area contributed by atoms with Gasteiger partial charge in [-0.25, -0.2) is 17.9 Å². The van der Waals surface area contributed by atoms with Crippen molar-refractivity contribution < 1.29 is 22.3 Å². The summed E-state index contributed by atoms with van der Waals surface area (Å²) >= 11 is 0. The second-order valence-electron chi connectivity index (χ2n) is 5.74. The minimum Gasteiger partial charge on any atom is -0.490 e. The largest absolute Gasteiger partial charge is 0.490 e. The molecule has 1 heterocycles. The fraction of sp³-hybridized carbons (Fsp3) is 0.222. The molecule has 1 amide bonds. The van der Waals surface area contributed by atoms with E-state index in [9.17, 15) is 17.6 Å². The molecule has 1 aromatic heterocycles. The van der Waals surface area contributed by atoms with Crippen molar-refractivity contribution in [3.05, 3.63) is 41.5 Å². The number of terminal acetylenes is 1. The van der Waals surface area contributed by atoms with Gasteiger partial charge in [0.05, 0.1) is 12.2 Å². The van der Waals surface area contributed by atoms with Crippen LogP contribution in [0.1, 0.15) is 28.9 Å². The number of primary sulfonamides is 1. The maximum Gasteiger partial charge on any atom is 0.276 e. The standard InChI is InChI=1S/C18H17FN4O4S/c1-3-4-5-8-27-17-15(28(21,25)26)11-23(2)16(17)18(24)22-13-6-7-14(19)12(9-13)10-20/h1,6-7,9,11H,4-5,8H2,2H3,(H,22,24)(H2,21,25,26). The van der Waals surface area contributed by atoms with Crippen molar-refractivity contribution >= 4 is 21.6 Å². The Kier molecular flexibility index (Phi) is 6.41. The van der Waals surface area contributed by atoms with E-state index >= 15 is 0 Å². The number of nitrogens with one attached hydrogen (secondary N) is 1. The summed E-state index contributed by atoms with van der Waals surface area (Å²) in [7, 11) is -2.71. The summed E-state index contributed by atoms with van der Waals surface area (Å²) in [5.41, 5.74) is -0.201. The lowest BCUT2D eigenvalue weighted by molar-refractivity contribution is 0.101. The molecule has 1 aromatic carbocycles. The van der Waals surface area contributed by atoms with E-state index in [0.29, 0.717) is 12.8 Å². The van der Waals surface area contributed by atoms with Crippen LogP contribution in [0.4, 0.5) is 10.1 Å². The summed E-state index contributed by atoms with van der Waals surface area (Å²) < 4.78 is 43.9. The van der Waals surface area contributed by atoms with Crippen LogP contribution in [0, 0.1) is 29.5 Å². The summed E-state index contributed by atoms with van der Waals surface area (Å²) in [6.45, 7) is 0.0755. The number of carbonyl (C=O) groups excluding carboxylic acids is 1.